The highest BCUT2D eigenvalue weighted by Gasteiger charge is 2.40. The van der Waals surface area contributed by atoms with Crippen molar-refractivity contribution in [3.05, 3.63) is 0 Å². The van der Waals surface area contributed by atoms with Gasteiger partial charge in [-0.05, 0) is 63.5 Å². The van der Waals surface area contributed by atoms with Crippen molar-refractivity contribution in [3.63, 3.8) is 0 Å². The molecule has 0 radical (unpaired) electrons. The van der Waals surface area contributed by atoms with Crippen LogP contribution in [0.2, 0.25) is 0 Å². The molecule has 2 aliphatic rings. The zero-order valence-electron chi connectivity index (χ0n) is 13.9. The maximum atomic E-state index is 12.6. The highest BCUT2D eigenvalue weighted by Crippen LogP contribution is 2.40. The molecule has 0 atom stereocenters. The summed E-state index contributed by atoms with van der Waals surface area (Å²) in [7, 11) is 0. The minimum atomic E-state index is -0.701. The van der Waals surface area contributed by atoms with Gasteiger partial charge in [-0.2, -0.15) is 0 Å². The summed E-state index contributed by atoms with van der Waals surface area (Å²) < 4.78 is 0. The number of amides is 1. The smallest absolute Gasteiger partial charge is 0.226 e. The first-order chi connectivity index (χ1) is 9.81. The molecule has 1 aliphatic heterocycles. The van der Waals surface area contributed by atoms with E-state index in [4.69, 9.17) is 0 Å². The zero-order valence-corrected chi connectivity index (χ0v) is 13.9. The average Bonchev–Trinajstić information content (AvgIpc) is 2.49. The van der Waals surface area contributed by atoms with Gasteiger partial charge in [-0.1, -0.05) is 20.8 Å². The van der Waals surface area contributed by atoms with E-state index < -0.39 is 5.60 Å². The van der Waals surface area contributed by atoms with Crippen LogP contribution in [0.3, 0.4) is 0 Å². The van der Waals surface area contributed by atoms with Crippen molar-refractivity contribution < 1.29 is 9.90 Å². The fourth-order valence-corrected chi connectivity index (χ4v) is 3.65. The Morgan fingerprint density at radius 3 is 2.19 bits per heavy atom. The molecular formula is C17H32N2O2. The van der Waals surface area contributed by atoms with Crippen LogP contribution in [0.25, 0.3) is 0 Å². The molecule has 1 saturated carbocycles. The number of rotatable bonds is 4. The van der Waals surface area contributed by atoms with Crippen LogP contribution >= 0.6 is 0 Å². The Bertz CT molecular complexity index is 363. The summed E-state index contributed by atoms with van der Waals surface area (Å²) >= 11 is 0. The summed E-state index contributed by atoms with van der Waals surface area (Å²) in [6, 6.07) is 0. The van der Waals surface area contributed by atoms with E-state index in [1.165, 1.54) is 0 Å². The Morgan fingerprint density at radius 1 is 1.10 bits per heavy atom. The van der Waals surface area contributed by atoms with Gasteiger partial charge in [-0.15, -0.1) is 0 Å². The Hall–Kier alpha value is -0.610. The van der Waals surface area contributed by atoms with Gasteiger partial charge in [-0.25, -0.2) is 0 Å². The Kier molecular flexibility index (Phi) is 4.99. The first-order valence-electron chi connectivity index (χ1n) is 8.52. The second-order valence-corrected chi connectivity index (χ2v) is 7.96. The van der Waals surface area contributed by atoms with Crippen LogP contribution in [0.15, 0.2) is 0 Å². The third-order valence-electron chi connectivity index (χ3n) is 5.83. The molecule has 1 heterocycles. The first kappa shape index (κ1) is 16.8. The molecule has 2 rings (SSSR count). The third-order valence-corrected chi connectivity index (χ3v) is 5.83. The molecule has 21 heavy (non-hydrogen) atoms. The standard InChI is InChI=1S/C17H32N2O2/c1-4-16(9-11-18-12-10-16)14(20)19-13-17(21)7-5-15(2,3)6-8-17/h18,21H,4-13H2,1-3H3,(H,19,20). The van der Waals surface area contributed by atoms with E-state index in [-0.39, 0.29) is 11.3 Å². The van der Waals surface area contributed by atoms with E-state index in [1.54, 1.807) is 0 Å². The summed E-state index contributed by atoms with van der Waals surface area (Å²) in [4.78, 5) is 12.6. The summed E-state index contributed by atoms with van der Waals surface area (Å²) in [6.45, 7) is 8.86. The molecule has 4 heteroatoms. The molecule has 0 spiro atoms. The summed E-state index contributed by atoms with van der Waals surface area (Å²) in [5.74, 6) is 0.143. The van der Waals surface area contributed by atoms with Crippen LogP contribution < -0.4 is 10.6 Å². The lowest BCUT2D eigenvalue weighted by Crippen LogP contribution is -2.52. The fraction of sp³-hybridized carbons (Fsp3) is 0.941. The van der Waals surface area contributed by atoms with Crippen LogP contribution in [-0.2, 0) is 4.79 Å². The topological polar surface area (TPSA) is 61.4 Å². The third kappa shape index (κ3) is 3.98. The van der Waals surface area contributed by atoms with E-state index in [1.807, 2.05) is 0 Å². The lowest BCUT2D eigenvalue weighted by atomic mass is 9.70. The van der Waals surface area contributed by atoms with Gasteiger partial charge < -0.3 is 15.7 Å². The number of piperidine rings is 1. The lowest BCUT2D eigenvalue weighted by Gasteiger charge is -2.41. The minimum Gasteiger partial charge on any atom is -0.388 e. The van der Waals surface area contributed by atoms with Gasteiger partial charge in [0.25, 0.3) is 0 Å². The van der Waals surface area contributed by atoms with E-state index in [2.05, 4.69) is 31.4 Å². The van der Waals surface area contributed by atoms with Crippen LogP contribution in [-0.4, -0.2) is 36.2 Å². The maximum Gasteiger partial charge on any atom is 0.226 e. The molecule has 0 aromatic carbocycles. The fourth-order valence-electron chi connectivity index (χ4n) is 3.65. The van der Waals surface area contributed by atoms with E-state index >= 15 is 0 Å². The first-order valence-corrected chi connectivity index (χ1v) is 8.52. The van der Waals surface area contributed by atoms with Crippen LogP contribution in [0.4, 0.5) is 0 Å². The molecule has 0 aromatic rings. The van der Waals surface area contributed by atoms with Crippen LogP contribution in [0.1, 0.15) is 65.7 Å². The lowest BCUT2D eigenvalue weighted by molar-refractivity contribution is -0.134. The minimum absolute atomic E-state index is 0.143. The van der Waals surface area contributed by atoms with Crippen molar-refractivity contribution in [2.45, 2.75) is 71.3 Å². The van der Waals surface area contributed by atoms with Gasteiger partial charge in [0.15, 0.2) is 0 Å². The van der Waals surface area contributed by atoms with E-state index in [0.717, 1.165) is 58.0 Å². The quantitative estimate of drug-likeness (QED) is 0.745. The van der Waals surface area contributed by atoms with Crippen molar-refractivity contribution >= 4 is 5.91 Å². The predicted molar refractivity (Wildman–Crippen MR) is 85.0 cm³/mol. The Balaban J connectivity index is 1.88. The Morgan fingerprint density at radius 2 is 1.67 bits per heavy atom. The van der Waals surface area contributed by atoms with Crippen molar-refractivity contribution in [2.24, 2.45) is 10.8 Å². The number of nitrogens with one attached hydrogen (secondary N) is 2. The highest BCUT2D eigenvalue weighted by molar-refractivity contribution is 5.82. The molecule has 1 amide bonds. The zero-order chi connectivity index (χ0) is 15.6. The van der Waals surface area contributed by atoms with E-state index in [0.29, 0.717) is 12.0 Å². The van der Waals surface area contributed by atoms with Crippen molar-refractivity contribution in [2.75, 3.05) is 19.6 Å². The molecule has 0 bridgehead atoms. The number of carbonyl (C=O) groups excluding carboxylic acids is 1. The predicted octanol–water partition coefficient (Wildman–Crippen LogP) is 2.21. The largest absolute Gasteiger partial charge is 0.388 e. The van der Waals surface area contributed by atoms with Crippen molar-refractivity contribution in [1.29, 1.82) is 0 Å². The highest BCUT2D eigenvalue weighted by atomic mass is 16.3. The summed E-state index contributed by atoms with van der Waals surface area (Å²) in [5.41, 5.74) is -0.599. The van der Waals surface area contributed by atoms with Gasteiger partial charge in [0.2, 0.25) is 5.91 Å². The molecular weight excluding hydrogens is 264 g/mol. The second-order valence-electron chi connectivity index (χ2n) is 7.96. The number of hydrogen-bond donors (Lipinski definition) is 3. The monoisotopic (exact) mass is 296 g/mol. The van der Waals surface area contributed by atoms with Crippen molar-refractivity contribution in [1.82, 2.24) is 10.6 Å². The number of carbonyl (C=O) groups is 1. The van der Waals surface area contributed by atoms with Gasteiger partial charge in [0, 0.05) is 6.54 Å². The maximum absolute atomic E-state index is 12.6. The van der Waals surface area contributed by atoms with E-state index in [9.17, 15) is 9.90 Å². The summed E-state index contributed by atoms with van der Waals surface area (Å²) in [5, 5.41) is 17.1. The molecule has 0 aromatic heterocycles. The van der Waals surface area contributed by atoms with Crippen molar-refractivity contribution in [3.8, 4) is 0 Å². The number of hydrogen-bond acceptors (Lipinski definition) is 3. The van der Waals surface area contributed by atoms with Gasteiger partial charge in [0.05, 0.1) is 11.0 Å². The molecule has 3 N–H and O–H groups in total. The molecule has 2 fully saturated rings. The van der Waals surface area contributed by atoms with Gasteiger partial charge in [0.1, 0.15) is 0 Å². The second kappa shape index (κ2) is 6.25. The summed E-state index contributed by atoms with van der Waals surface area (Å²) in [6.07, 6.45) is 6.33. The normalized spacial score (nSPS) is 27.0. The molecule has 1 aliphatic carbocycles. The SMILES string of the molecule is CCC1(C(=O)NCC2(O)CCC(C)(C)CC2)CCNCC1. The Labute approximate surface area is 129 Å². The molecule has 1 saturated heterocycles. The van der Waals surface area contributed by atoms with Crippen LogP contribution in [0.5, 0.6) is 0 Å². The van der Waals surface area contributed by atoms with Gasteiger partial charge >= 0.3 is 0 Å². The molecule has 4 nitrogen and oxygen atoms in total. The molecule has 122 valence electrons. The average molecular weight is 296 g/mol. The van der Waals surface area contributed by atoms with Crippen LogP contribution in [0, 0.1) is 10.8 Å². The van der Waals surface area contributed by atoms with Gasteiger partial charge in [-0.3, -0.25) is 4.79 Å². The number of aliphatic hydroxyl groups is 1. The molecule has 0 unspecified atom stereocenters.